The normalized spacial score (nSPS) is 22.6. The number of likely N-dealkylation sites (tertiary alicyclic amines) is 1. The van der Waals surface area contributed by atoms with Gasteiger partial charge in [0.2, 0.25) is 15.9 Å². The first-order chi connectivity index (χ1) is 9.04. The summed E-state index contributed by atoms with van der Waals surface area (Å²) < 4.78 is 30.8. The van der Waals surface area contributed by atoms with Gasteiger partial charge in [0.15, 0.2) is 0 Å². The van der Waals surface area contributed by atoms with E-state index >= 15 is 0 Å². The quantitative estimate of drug-likeness (QED) is 0.825. The van der Waals surface area contributed by atoms with Crippen LogP contribution in [0, 0.1) is 5.41 Å². The number of nitrogens with one attached hydrogen (secondary N) is 1. The summed E-state index contributed by atoms with van der Waals surface area (Å²) in [6.45, 7) is 6.73. The molecule has 20 heavy (non-hydrogen) atoms. The number of nitrogens with zero attached hydrogens (tertiary/aromatic N) is 1. The number of ether oxygens (including phenoxy) is 1. The van der Waals surface area contributed by atoms with Gasteiger partial charge < -0.3 is 9.64 Å². The fraction of sp³-hybridized carbons (Fsp3) is 0.923. The van der Waals surface area contributed by atoms with Crippen molar-refractivity contribution < 1.29 is 17.9 Å². The molecule has 1 fully saturated rings. The Morgan fingerprint density at radius 1 is 1.40 bits per heavy atom. The average Bonchev–Trinajstić information content (AvgIpc) is 2.33. The van der Waals surface area contributed by atoms with Gasteiger partial charge in [0.05, 0.1) is 12.4 Å². The van der Waals surface area contributed by atoms with Crippen LogP contribution >= 0.6 is 0 Å². The summed E-state index contributed by atoms with van der Waals surface area (Å²) in [5, 5.41) is 0. The first-order valence-corrected chi connectivity index (χ1v) is 8.72. The lowest BCUT2D eigenvalue weighted by Gasteiger charge is -2.38. The van der Waals surface area contributed by atoms with Gasteiger partial charge in [0.1, 0.15) is 6.04 Å². The van der Waals surface area contributed by atoms with Crippen molar-refractivity contribution in [3.63, 3.8) is 0 Å². The topological polar surface area (TPSA) is 75.7 Å². The maximum atomic E-state index is 12.6. The van der Waals surface area contributed by atoms with Gasteiger partial charge in [0.25, 0.3) is 0 Å². The van der Waals surface area contributed by atoms with Gasteiger partial charge in [-0.25, -0.2) is 13.1 Å². The highest BCUT2D eigenvalue weighted by atomic mass is 32.2. The molecule has 0 spiro atoms. The molecule has 1 heterocycles. The van der Waals surface area contributed by atoms with Crippen molar-refractivity contribution in [3.05, 3.63) is 0 Å². The van der Waals surface area contributed by atoms with E-state index in [2.05, 4.69) is 4.72 Å². The summed E-state index contributed by atoms with van der Waals surface area (Å²) in [5.41, 5.74) is -0.486. The fourth-order valence-electron chi connectivity index (χ4n) is 2.33. The van der Waals surface area contributed by atoms with E-state index in [0.29, 0.717) is 13.1 Å². The third-order valence-electron chi connectivity index (χ3n) is 3.47. The predicted octanol–water partition coefficient (Wildman–Crippen LogP) is 0.588. The summed E-state index contributed by atoms with van der Waals surface area (Å²) >= 11 is 0. The van der Waals surface area contributed by atoms with Crippen LogP contribution in [-0.4, -0.2) is 57.8 Å². The minimum absolute atomic E-state index is 0.0338. The lowest BCUT2D eigenvalue weighted by molar-refractivity contribution is -0.139. The van der Waals surface area contributed by atoms with Crippen molar-refractivity contribution in [2.24, 2.45) is 5.41 Å². The molecule has 0 aromatic carbocycles. The smallest absolute Gasteiger partial charge is 0.241 e. The molecule has 0 bridgehead atoms. The Morgan fingerprint density at radius 2 is 2.00 bits per heavy atom. The first-order valence-electron chi connectivity index (χ1n) is 6.83. The Hall–Kier alpha value is -0.660. The van der Waals surface area contributed by atoms with Crippen LogP contribution in [0.15, 0.2) is 0 Å². The molecule has 0 aliphatic carbocycles. The predicted molar refractivity (Wildman–Crippen MR) is 77.8 cm³/mol. The van der Waals surface area contributed by atoms with E-state index in [1.165, 1.54) is 0 Å². The van der Waals surface area contributed by atoms with Crippen LogP contribution in [-0.2, 0) is 19.6 Å². The zero-order chi connectivity index (χ0) is 15.6. The Kier molecular flexibility index (Phi) is 5.57. The monoisotopic (exact) mass is 306 g/mol. The van der Waals surface area contributed by atoms with Gasteiger partial charge in [-0.05, 0) is 18.3 Å². The van der Waals surface area contributed by atoms with Crippen molar-refractivity contribution in [1.29, 1.82) is 0 Å². The Balaban J connectivity index is 2.88. The summed E-state index contributed by atoms with van der Waals surface area (Å²) in [7, 11) is -1.80. The second-order valence-electron chi connectivity index (χ2n) is 6.47. The van der Waals surface area contributed by atoms with Crippen molar-refractivity contribution >= 4 is 15.9 Å². The van der Waals surface area contributed by atoms with Crippen molar-refractivity contribution in [2.45, 2.75) is 45.8 Å². The van der Waals surface area contributed by atoms with E-state index in [-0.39, 0.29) is 12.0 Å². The molecule has 0 aromatic heterocycles. The number of carbonyl (C=O) groups excluding carboxylic acids is 1. The van der Waals surface area contributed by atoms with Crippen molar-refractivity contribution in [2.75, 3.05) is 26.5 Å². The van der Waals surface area contributed by atoms with E-state index in [1.807, 2.05) is 20.8 Å². The van der Waals surface area contributed by atoms with Crippen molar-refractivity contribution in [1.82, 2.24) is 9.62 Å². The number of sulfonamides is 1. The molecule has 1 aliphatic rings. The lowest BCUT2D eigenvalue weighted by atomic mass is 9.86. The van der Waals surface area contributed by atoms with Crippen LogP contribution in [0.3, 0.4) is 0 Å². The lowest BCUT2D eigenvalue weighted by Crippen LogP contribution is -2.56. The maximum Gasteiger partial charge on any atom is 0.241 e. The van der Waals surface area contributed by atoms with Gasteiger partial charge in [-0.15, -0.1) is 0 Å². The Morgan fingerprint density at radius 3 is 2.45 bits per heavy atom. The molecule has 0 aromatic rings. The highest BCUT2D eigenvalue weighted by Crippen LogP contribution is 2.23. The van der Waals surface area contributed by atoms with E-state index < -0.39 is 21.5 Å². The second kappa shape index (κ2) is 6.41. The number of rotatable bonds is 4. The number of hydrogen-bond acceptors (Lipinski definition) is 4. The molecule has 2 unspecified atom stereocenters. The Bertz CT molecular complexity index is 442. The average molecular weight is 306 g/mol. The van der Waals surface area contributed by atoms with Crippen molar-refractivity contribution in [3.8, 4) is 0 Å². The molecule has 1 saturated heterocycles. The van der Waals surface area contributed by atoms with Crippen LogP contribution in [0.2, 0.25) is 0 Å². The number of piperidine rings is 1. The third kappa shape index (κ3) is 5.03. The van der Waals surface area contributed by atoms with Crippen LogP contribution in [0.4, 0.5) is 0 Å². The zero-order valence-corrected chi connectivity index (χ0v) is 13.8. The van der Waals surface area contributed by atoms with Gasteiger partial charge in [-0.3, -0.25) is 4.79 Å². The SMILES string of the molecule is COC1CCCN(C(=O)C(NS(C)(=O)=O)C(C)(C)C)C1. The Labute approximate surface area is 121 Å². The van der Waals surface area contributed by atoms with Gasteiger partial charge in [-0.1, -0.05) is 20.8 Å². The summed E-state index contributed by atoms with van der Waals surface area (Å²) in [5.74, 6) is -0.176. The standard InChI is InChI=1S/C13H26N2O4S/c1-13(2,3)11(14-20(5,17)18)12(16)15-8-6-7-10(9-15)19-4/h10-11,14H,6-9H2,1-5H3. The minimum Gasteiger partial charge on any atom is -0.380 e. The fourth-order valence-corrected chi connectivity index (χ4v) is 3.21. The third-order valence-corrected chi connectivity index (χ3v) is 4.13. The molecule has 1 aliphatic heterocycles. The minimum atomic E-state index is -3.44. The molecular weight excluding hydrogens is 280 g/mol. The summed E-state index contributed by atoms with van der Waals surface area (Å²) in [4.78, 5) is 14.3. The highest BCUT2D eigenvalue weighted by Gasteiger charge is 2.37. The maximum absolute atomic E-state index is 12.6. The van der Waals surface area contributed by atoms with E-state index in [9.17, 15) is 13.2 Å². The van der Waals surface area contributed by atoms with Gasteiger partial charge in [-0.2, -0.15) is 0 Å². The number of hydrogen-bond donors (Lipinski definition) is 1. The molecular formula is C13H26N2O4S. The molecule has 7 heteroatoms. The van der Waals surface area contributed by atoms with Crippen LogP contribution in [0.1, 0.15) is 33.6 Å². The molecule has 1 amide bonds. The molecule has 0 radical (unpaired) electrons. The molecule has 1 N–H and O–H groups in total. The first kappa shape index (κ1) is 17.4. The van der Waals surface area contributed by atoms with Crippen LogP contribution in [0.5, 0.6) is 0 Å². The molecule has 0 saturated carbocycles. The zero-order valence-electron chi connectivity index (χ0n) is 13.0. The van der Waals surface area contributed by atoms with Crippen LogP contribution < -0.4 is 4.72 Å². The van der Waals surface area contributed by atoms with E-state index in [0.717, 1.165) is 19.1 Å². The second-order valence-corrected chi connectivity index (χ2v) is 8.25. The number of amides is 1. The van der Waals surface area contributed by atoms with Gasteiger partial charge >= 0.3 is 0 Å². The van der Waals surface area contributed by atoms with E-state index in [1.54, 1.807) is 12.0 Å². The van der Waals surface area contributed by atoms with Gasteiger partial charge in [0, 0.05) is 20.2 Å². The molecule has 118 valence electrons. The summed E-state index contributed by atoms with van der Waals surface area (Å²) in [6, 6.07) is -0.756. The molecule has 6 nitrogen and oxygen atoms in total. The highest BCUT2D eigenvalue weighted by molar-refractivity contribution is 7.88. The largest absolute Gasteiger partial charge is 0.380 e. The molecule has 2 atom stereocenters. The molecule has 1 rings (SSSR count). The van der Waals surface area contributed by atoms with E-state index in [4.69, 9.17) is 4.74 Å². The number of methoxy groups -OCH3 is 1. The summed E-state index contributed by atoms with van der Waals surface area (Å²) in [6.07, 6.45) is 2.92. The number of carbonyl (C=O) groups is 1. The van der Waals surface area contributed by atoms with Crippen LogP contribution in [0.25, 0.3) is 0 Å².